The lowest BCUT2D eigenvalue weighted by molar-refractivity contribution is -0.138. The van der Waals surface area contributed by atoms with Crippen LogP contribution in [0.25, 0.3) is 11.1 Å². The first-order valence-electron chi connectivity index (χ1n) is 11.9. The fourth-order valence-corrected chi connectivity index (χ4v) is 5.10. The first-order valence-corrected chi connectivity index (χ1v) is 12.7. The Bertz CT molecular complexity index is 1240. The average Bonchev–Trinajstić information content (AvgIpc) is 3.28. The molecule has 2 N–H and O–H groups in total. The second-order valence-electron chi connectivity index (χ2n) is 9.35. The number of alkyl halides is 3. The number of hydrogen-bond donors (Lipinski definition) is 2. The predicted octanol–water partition coefficient (Wildman–Crippen LogP) is 7.42. The predicted molar refractivity (Wildman–Crippen MR) is 138 cm³/mol. The van der Waals surface area contributed by atoms with E-state index in [0.717, 1.165) is 33.7 Å². The van der Waals surface area contributed by atoms with Crippen LogP contribution < -0.4 is 10.1 Å². The summed E-state index contributed by atoms with van der Waals surface area (Å²) in [6.45, 7) is 7.87. The fraction of sp³-hybridized carbons (Fsp3) is 0.357. The highest BCUT2D eigenvalue weighted by molar-refractivity contribution is 7.14. The zero-order valence-electron chi connectivity index (χ0n) is 21.1. The summed E-state index contributed by atoms with van der Waals surface area (Å²) in [5.74, 6) is -0.427. The van der Waals surface area contributed by atoms with Crippen LogP contribution in [-0.2, 0) is 11.0 Å². The number of aryl methyl sites for hydroxylation is 2. The van der Waals surface area contributed by atoms with Crippen molar-refractivity contribution in [3.8, 4) is 16.9 Å². The van der Waals surface area contributed by atoms with Crippen molar-refractivity contribution in [2.75, 3.05) is 6.54 Å². The molecule has 1 atom stereocenters. The van der Waals surface area contributed by atoms with E-state index in [1.54, 1.807) is 12.1 Å². The van der Waals surface area contributed by atoms with Gasteiger partial charge in [0.1, 0.15) is 11.9 Å². The molecule has 2 aromatic carbocycles. The van der Waals surface area contributed by atoms with Crippen LogP contribution in [0.1, 0.15) is 64.0 Å². The zero-order chi connectivity index (χ0) is 27.3. The summed E-state index contributed by atoms with van der Waals surface area (Å²) in [5, 5.41) is 11.4. The Kier molecular flexibility index (Phi) is 9.02. The van der Waals surface area contributed by atoms with E-state index in [4.69, 9.17) is 9.84 Å². The molecular weight excluding hydrogens is 503 g/mol. The van der Waals surface area contributed by atoms with Gasteiger partial charge < -0.3 is 15.2 Å². The molecule has 0 bridgehead atoms. The molecule has 3 aromatic rings. The average molecular weight is 534 g/mol. The van der Waals surface area contributed by atoms with E-state index in [9.17, 15) is 22.8 Å². The standard InChI is InChI=1S/C28H30F3NO4S/c1-16(2)12-22(23-8-9-24(37-23)27(35)32-11-10-25(33)34)36-21-13-17(3)26(18(4)14-21)19-6-5-7-20(15-19)28(29,30)31/h5-9,13-16,22H,10-12H2,1-4H3,(H,32,35)(H,33,34). The molecule has 0 saturated heterocycles. The maximum Gasteiger partial charge on any atom is 0.416 e. The topological polar surface area (TPSA) is 75.6 Å². The Hall–Kier alpha value is -3.33. The second kappa shape index (κ2) is 11.8. The minimum atomic E-state index is -4.42. The summed E-state index contributed by atoms with van der Waals surface area (Å²) in [6, 6.07) is 12.5. The summed E-state index contributed by atoms with van der Waals surface area (Å²) in [4.78, 5) is 24.4. The Labute approximate surface area is 218 Å². The van der Waals surface area contributed by atoms with E-state index >= 15 is 0 Å². The van der Waals surface area contributed by atoms with E-state index in [2.05, 4.69) is 19.2 Å². The Morgan fingerprint density at radius 3 is 2.32 bits per heavy atom. The summed E-state index contributed by atoms with van der Waals surface area (Å²) < 4.78 is 46.1. The van der Waals surface area contributed by atoms with E-state index in [0.29, 0.717) is 28.5 Å². The zero-order valence-corrected chi connectivity index (χ0v) is 21.9. The van der Waals surface area contributed by atoms with E-state index in [1.165, 1.54) is 17.4 Å². The number of carbonyl (C=O) groups excluding carboxylic acids is 1. The Balaban J connectivity index is 1.84. The first kappa shape index (κ1) is 28.2. The van der Waals surface area contributed by atoms with Crippen molar-refractivity contribution in [1.82, 2.24) is 5.32 Å². The van der Waals surface area contributed by atoms with Gasteiger partial charge in [-0.05, 0) is 84.8 Å². The normalized spacial score (nSPS) is 12.4. The van der Waals surface area contributed by atoms with Crippen LogP contribution >= 0.6 is 11.3 Å². The van der Waals surface area contributed by atoms with Crippen molar-refractivity contribution in [2.24, 2.45) is 5.92 Å². The van der Waals surface area contributed by atoms with E-state index in [1.807, 2.05) is 32.0 Å². The van der Waals surface area contributed by atoms with E-state index in [-0.39, 0.29) is 25.0 Å². The lowest BCUT2D eigenvalue weighted by Crippen LogP contribution is -2.25. The molecule has 1 unspecified atom stereocenters. The molecule has 0 aliphatic carbocycles. The summed E-state index contributed by atoms with van der Waals surface area (Å²) in [6.07, 6.45) is -4.21. The maximum absolute atomic E-state index is 13.2. The lowest BCUT2D eigenvalue weighted by Gasteiger charge is -2.22. The number of nitrogens with one attached hydrogen (secondary N) is 1. The van der Waals surface area contributed by atoms with Crippen molar-refractivity contribution in [1.29, 1.82) is 0 Å². The van der Waals surface area contributed by atoms with Gasteiger partial charge in [-0.2, -0.15) is 13.2 Å². The number of hydrogen-bond acceptors (Lipinski definition) is 4. The van der Waals surface area contributed by atoms with Gasteiger partial charge in [0.15, 0.2) is 0 Å². The third-order valence-corrected chi connectivity index (χ3v) is 6.92. The molecule has 0 aliphatic rings. The molecule has 5 nitrogen and oxygen atoms in total. The van der Waals surface area contributed by atoms with Crippen molar-refractivity contribution >= 4 is 23.2 Å². The monoisotopic (exact) mass is 533 g/mol. The molecule has 0 spiro atoms. The van der Waals surface area contributed by atoms with Crippen LogP contribution in [0.3, 0.4) is 0 Å². The minimum Gasteiger partial charge on any atom is -0.485 e. The third kappa shape index (κ3) is 7.58. The number of carboxylic acid groups (broad SMARTS) is 1. The smallest absolute Gasteiger partial charge is 0.416 e. The number of amides is 1. The van der Waals surface area contributed by atoms with Crippen LogP contribution in [0.5, 0.6) is 5.75 Å². The number of carbonyl (C=O) groups is 2. The van der Waals surface area contributed by atoms with Gasteiger partial charge in [0.2, 0.25) is 0 Å². The van der Waals surface area contributed by atoms with Gasteiger partial charge in [-0.15, -0.1) is 11.3 Å². The van der Waals surface area contributed by atoms with Crippen LogP contribution in [-0.4, -0.2) is 23.5 Å². The second-order valence-corrected chi connectivity index (χ2v) is 10.5. The third-order valence-electron chi connectivity index (χ3n) is 5.74. The first-order chi connectivity index (χ1) is 17.3. The van der Waals surface area contributed by atoms with Crippen molar-refractivity contribution in [3.63, 3.8) is 0 Å². The van der Waals surface area contributed by atoms with Crippen molar-refractivity contribution < 1.29 is 32.6 Å². The Morgan fingerprint density at radius 2 is 1.73 bits per heavy atom. The number of aliphatic carboxylic acids is 1. The number of ether oxygens (including phenoxy) is 1. The highest BCUT2D eigenvalue weighted by atomic mass is 32.1. The molecule has 3 rings (SSSR count). The van der Waals surface area contributed by atoms with Gasteiger partial charge in [0.25, 0.3) is 5.91 Å². The van der Waals surface area contributed by atoms with Gasteiger partial charge in [-0.25, -0.2) is 0 Å². The van der Waals surface area contributed by atoms with Crippen LogP contribution in [0.2, 0.25) is 0 Å². The minimum absolute atomic E-state index is 0.0457. The lowest BCUT2D eigenvalue weighted by atomic mass is 9.94. The molecule has 0 fully saturated rings. The molecule has 0 aliphatic heterocycles. The van der Waals surface area contributed by atoms with Crippen LogP contribution in [0.4, 0.5) is 13.2 Å². The van der Waals surface area contributed by atoms with Crippen molar-refractivity contribution in [3.05, 3.63) is 75.0 Å². The highest BCUT2D eigenvalue weighted by Gasteiger charge is 2.30. The summed E-state index contributed by atoms with van der Waals surface area (Å²) >= 11 is 1.29. The summed E-state index contributed by atoms with van der Waals surface area (Å²) in [7, 11) is 0. The molecule has 198 valence electrons. The van der Waals surface area contributed by atoms with Gasteiger partial charge in [-0.1, -0.05) is 26.0 Å². The molecule has 1 aromatic heterocycles. The maximum atomic E-state index is 13.2. The molecule has 9 heteroatoms. The van der Waals surface area contributed by atoms with E-state index < -0.39 is 17.7 Å². The van der Waals surface area contributed by atoms with Gasteiger partial charge in [0.05, 0.1) is 16.9 Å². The number of thiophene rings is 1. The van der Waals surface area contributed by atoms with Crippen LogP contribution in [0, 0.1) is 19.8 Å². The number of halogens is 3. The number of rotatable bonds is 10. The number of benzene rings is 2. The Morgan fingerprint density at radius 1 is 1.05 bits per heavy atom. The highest BCUT2D eigenvalue weighted by Crippen LogP contribution is 2.38. The van der Waals surface area contributed by atoms with Crippen LogP contribution in [0.15, 0.2) is 48.5 Å². The van der Waals surface area contributed by atoms with Gasteiger partial charge >= 0.3 is 12.1 Å². The molecule has 1 amide bonds. The largest absolute Gasteiger partial charge is 0.485 e. The molecule has 0 saturated carbocycles. The SMILES string of the molecule is Cc1cc(OC(CC(C)C)c2ccc(C(=O)NCCC(=O)O)s2)cc(C)c1-c1cccc(C(F)(F)F)c1. The molecule has 37 heavy (non-hydrogen) atoms. The molecular formula is C28H30F3NO4S. The molecule has 1 heterocycles. The fourth-order valence-electron chi connectivity index (χ4n) is 4.13. The van der Waals surface area contributed by atoms with Crippen molar-refractivity contribution in [2.45, 2.75) is 52.8 Å². The quantitative estimate of drug-likeness (QED) is 0.284. The molecule has 0 radical (unpaired) electrons. The van der Waals surface area contributed by atoms with Gasteiger partial charge in [-0.3, -0.25) is 9.59 Å². The number of carboxylic acids is 1. The van der Waals surface area contributed by atoms with Gasteiger partial charge in [0, 0.05) is 11.4 Å². The summed E-state index contributed by atoms with van der Waals surface area (Å²) in [5.41, 5.74) is 2.12.